The van der Waals surface area contributed by atoms with Crippen LogP contribution in [0.2, 0.25) is 0 Å². The maximum absolute atomic E-state index is 11.9. The summed E-state index contributed by atoms with van der Waals surface area (Å²) in [4.78, 5) is 24.8. The highest BCUT2D eigenvalue weighted by atomic mass is 16.4. The molecule has 1 aromatic carbocycles. The molecular weight excluding hydrogens is 268 g/mol. The number of benzene rings is 1. The minimum Gasteiger partial charge on any atom is -0.481 e. The number of carboxylic acids is 1. The van der Waals surface area contributed by atoms with E-state index in [0.717, 1.165) is 18.8 Å². The summed E-state index contributed by atoms with van der Waals surface area (Å²) in [5, 5.41) is 11.5. The summed E-state index contributed by atoms with van der Waals surface area (Å²) < 4.78 is 0. The zero-order valence-corrected chi connectivity index (χ0v) is 12.9. The largest absolute Gasteiger partial charge is 0.481 e. The second-order valence-corrected chi connectivity index (χ2v) is 5.00. The Balaban J connectivity index is 2.53. The summed E-state index contributed by atoms with van der Waals surface area (Å²) in [6.07, 6.45) is 0.429. The Morgan fingerprint density at radius 1 is 1.19 bits per heavy atom. The fraction of sp³-hybridized carbons (Fsp3) is 0.500. The van der Waals surface area contributed by atoms with Crippen molar-refractivity contribution in [2.75, 3.05) is 24.5 Å². The van der Waals surface area contributed by atoms with Crippen molar-refractivity contribution in [2.45, 2.75) is 27.2 Å². The molecule has 2 N–H and O–H groups in total. The summed E-state index contributed by atoms with van der Waals surface area (Å²) in [6, 6.07) is 7.46. The molecule has 1 unspecified atom stereocenters. The number of hydrogen-bond donors (Lipinski definition) is 2. The highest BCUT2D eigenvalue weighted by Crippen LogP contribution is 2.14. The summed E-state index contributed by atoms with van der Waals surface area (Å²) in [7, 11) is 0. The molecule has 5 nitrogen and oxygen atoms in total. The van der Waals surface area contributed by atoms with Crippen LogP contribution in [-0.4, -0.2) is 36.6 Å². The van der Waals surface area contributed by atoms with Crippen LogP contribution in [0, 0.1) is 5.92 Å². The molecule has 0 saturated carbocycles. The number of anilines is 1. The Morgan fingerprint density at radius 3 is 2.24 bits per heavy atom. The molecule has 1 amide bonds. The Bertz CT molecular complexity index is 467. The first-order valence-electron chi connectivity index (χ1n) is 7.35. The lowest BCUT2D eigenvalue weighted by Crippen LogP contribution is -2.27. The zero-order chi connectivity index (χ0) is 15.8. The van der Waals surface area contributed by atoms with E-state index in [9.17, 15) is 9.59 Å². The maximum atomic E-state index is 11.9. The fourth-order valence-electron chi connectivity index (χ4n) is 2.04. The number of hydrogen-bond acceptors (Lipinski definition) is 3. The molecule has 0 aromatic heterocycles. The normalized spacial score (nSPS) is 11.8. The highest BCUT2D eigenvalue weighted by molar-refractivity contribution is 5.94. The number of nitrogens with zero attached hydrogens (tertiary/aromatic N) is 1. The number of carbonyl (C=O) groups excluding carboxylic acids is 1. The molecule has 0 bridgehead atoms. The van der Waals surface area contributed by atoms with E-state index in [4.69, 9.17) is 5.11 Å². The molecule has 116 valence electrons. The van der Waals surface area contributed by atoms with E-state index >= 15 is 0 Å². The van der Waals surface area contributed by atoms with Crippen molar-refractivity contribution in [3.63, 3.8) is 0 Å². The average Bonchev–Trinajstić information content (AvgIpc) is 2.48. The van der Waals surface area contributed by atoms with Gasteiger partial charge in [0.25, 0.3) is 5.91 Å². The second-order valence-electron chi connectivity index (χ2n) is 5.00. The minimum absolute atomic E-state index is 0.168. The van der Waals surface area contributed by atoms with Crippen molar-refractivity contribution in [2.24, 2.45) is 5.92 Å². The van der Waals surface area contributed by atoms with Crippen molar-refractivity contribution >= 4 is 17.6 Å². The molecule has 1 atom stereocenters. The van der Waals surface area contributed by atoms with Gasteiger partial charge in [0.15, 0.2) is 0 Å². The molecule has 0 aliphatic rings. The smallest absolute Gasteiger partial charge is 0.306 e. The van der Waals surface area contributed by atoms with Gasteiger partial charge in [-0.05, 0) is 44.5 Å². The molecular formula is C16H24N2O3. The van der Waals surface area contributed by atoms with Crippen molar-refractivity contribution in [1.82, 2.24) is 5.32 Å². The molecule has 0 radical (unpaired) electrons. The molecule has 1 aromatic rings. The van der Waals surface area contributed by atoms with E-state index in [1.807, 2.05) is 12.1 Å². The van der Waals surface area contributed by atoms with E-state index in [2.05, 4.69) is 24.1 Å². The van der Waals surface area contributed by atoms with Crippen molar-refractivity contribution in [3.05, 3.63) is 29.8 Å². The van der Waals surface area contributed by atoms with Gasteiger partial charge in [0.2, 0.25) is 0 Å². The van der Waals surface area contributed by atoms with Crippen LogP contribution in [0.5, 0.6) is 0 Å². The van der Waals surface area contributed by atoms with Gasteiger partial charge in [-0.3, -0.25) is 9.59 Å². The summed E-state index contributed by atoms with van der Waals surface area (Å²) in [5.41, 5.74) is 1.69. The van der Waals surface area contributed by atoms with E-state index < -0.39 is 11.9 Å². The molecule has 0 aliphatic carbocycles. The highest BCUT2D eigenvalue weighted by Gasteiger charge is 2.12. The minimum atomic E-state index is -0.840. The number of aliphatic carboxylic acids is 1. The lowest BCUT2D eigenvalue weighted by atomic mass is 10.1. The zero-order valence-electron chi connectivity index (χ0n) is 12.9. The van der Waals surface area contributed by atoms with Gasteiger partial charge in [0.1, 0.15) is 0 Å². The fourth-order valence-corrected chi connectivity index (χ4v) is 2.04. The van der Waals surface area contributed by atoms with Crippen LogP contribution in [0.3, 0.4) is 0 Å². The van der Waals surface area contributed by atoms with Crippen molar-refractivity contribution < 1.29 is 14.7 Å². The van der Waals surface area contributed by atoms with E-state index in [1.165, 1.54) is 0 Å². The van der Waals surface area contributed by atoms with Crippen LogP contribution in [0.1, 0.15) is 37.6 Å². The Hall–Kier alpha value is -2.04. The number of carboxylic acid groups (broad SMARTS) is 1. The number of nitrogens with one attached hydrogen (secondary N) is 1. The molecule has 5 heteroatoms. The first-order chi connectivity index (χ1) is 9.99. The van der Waals surface area contributed by atoms with Gasteiger partial charge in [0, 0.05) is 30.9 Å². The number of carbonyl (C=O) groups is 2. The summed E-state index contributed by atoms with van der Waals surface area (Å²) in [6.45, 7) is 8.03. The van der Waals surface area contributed by atoms with Crippen molar-refractivity contribution in [1.29, 1.82) is 0 Å². The van der Waals surface area contributed by atoms with E-state index in [1.54, 1.807) is 19.1 Å². The van der Waals surface area contributed by atoms with Crippen LogP contribution in [0.15, 0.2) is 24.3 Å². The van der Waals surface area contributed by atoms with Gasteiger partial charge in [-0.15, -0.1) is 0 Å². The summed E-state index contributed by atoms with van der Waals surface area (Å²) in [5.74, 6) is -1.46. The standard InChI is InChI=1S/C16H24N2O3/c1-4-18(5-2)14-8-6-13(7-9-14)15(19)17-11-10-12(3)16(20)21/h6-9,12H,4-5,10-11H2,1-3H3,(H,17,19)(H,20,21). The van der Waals surface area contributed by atoms with Gasteiger partial charge in [-0.25, -0.2) is 0 Å². The second kappa shape index (κ2) is 8.29. The molecule has 0 spiro atoms. The average molecular weight is 292 g/mol. The van der Waals surface area contributed by atoms with Crippen LogP contribution in [0.4, 0.5) is 5.69 Å². The quantitative estimate of drug-likeness (QED) is 0.772. The Morgan fingerprint density at radius 2 is 1.76 bits per heavy atom. The Labute approximate surface area is 126 Å². The predicted octanol–water partition coefficient (Wildman–Crippen LogP) is 2.37. The SMILES string of the molecule is CCN(CC)c1ccc(C(=O)NCCC(C)C(=O)O)cc1. The topological polar surface area (TPSA) is 69.6 Å². The van der Waals surface area contributed by atoms with Crippen LogP contribution in [0.25, 0.3) is 0 Å². The van der Waals surface area contributed by atoms with Gasteiger partial charge >= 0.3 is 5.97 Å². The molecule has 0 saturated heterocycles. The van der Waals surface area contributed by atoms with Crippen LogP contribution < -0.4 is 10.2 Å². The first-order valence-corrected chi connectivity index (χ1v) is 7.35. The van der Waals surface area contributed by atoms with E-state index in [0.29, 0.717) is 18.5 Å². The monoisotopic (exact) mass is 292 g/mol. The summed E-state index contributed by atoms with van der Waals surface area (Å²) >= 11 is 0. The van der Waals surface area contributed by atoms with Crippen LogP contribution >= 0.6 is 0 Å². The Kier molecular flexibility index (Phi) is 6.72. The number of rotatable bonds is 8. The van der Waals surface area contributed by atoms with Gasteiger partial charge in [-0.1, -0.05) is 6.92 Å². The third kappa shape index (κ3) is 5.10. The molecule has 1 rings (SSSR count). The molecule has 0 aliphatic heterocycles. The molecule has 0 fully saturated rings. The molecule has 21 heavy (non-hydrogen) atoms. The van der Waals surface area contributed by atoms with Gasteiger partial charge in [0.05, 0.1) is 5.92 Å². The van der Waals surface area contributed by atoms with E-state index in [-0.39, 0.29) is 5.91 Å². The molecule has 0 heterocycles. The predicted molar refractivity (Wildman–Crippen MR) is 83.8 cm³/mol. The van der Waals surface area contributed by atoms with Crippen LogP contribution in [-0.2, 0) is 4.79 Å². The number of amides is 1. The maximum Gasteiger partial charge on any atom is 0.306 e. The third-order valence-electron chi connectivity index (χ3n) is 3.54. The van der Waals surface area contributed by atoms with Gasteiger partial charge in [-0.2, -0.15) is 0 Å². The van der Waals surface area contributed by atoms with Gasteiger partial charge < -0.3 is 15.3 Å². The lowest BCUT2D eigenvalue weighted by molar-refractivity contribution is -0.141. The van der Waals surface area contributed by atoms with Crippen molar-refractivity contribution in [3.8, 4) is 0 Å². The lowest BCUT2D eigenvalue weighted by Gasteiger charge is -2.21. The first kappa shape index (κ1) is 17.0. The third-order valence-corrected chi connectivity index (χ3v) is 3.54.